The maximum atomic E-state index is 9.76. The van der Waals surface area contributed by atoms with Gasteiger partial charge < -0.3 is 15.0 Å². The molecule has 0 radical (unpaired) electrons. The van der Waals surface area contributed by atoms with Crippen molar-refractivity contribution in [2.45, 2.75) is 12.1 Å². The van der Waals surface area contributed by atoms with E-state index in [4.69, 9.17) is 10.5 Å². The molecule has 0 amide bonds. The molecule has 0 fully saturated rings. The molecular weight excluding hydrogens is 448 g/mol. The van der Waals surface area contributed by atoms with E-state index in [2.05, 4.69) is 22.1 Å². The van der Waals surface area contributed by atoms with Crippen LogP contribution in [0.25, 0.3) is 22.0 Å². The van der Waals surface area contributed by atoms with Gasteiger partial charge in [0.2, 0.25) is 0 Å². The summed E-state index contributed by atoms with van der Waals surface area (Å²) in [5.41, 5.74) is 12.7. The lowest BCUT2D eigenvalue weighted by Crippen LogP contribution is -2.41. The average Bonchev–Trinajstić information content (AvgIpc) is 3.36. The molecule has 7 nitrogen and oxygen atoms in total. The molecule has 5 aromatic rings. The van der Waals surface area contributed by atoms with Crippen LogP contribution in [0.3, 0.4) is 0 Å². The van der Waals surface area contributed by atoms with Crippen LogP contribution in [0.1, 0.15) is 33.6 Å². The van der Waals surface area contributed by atoms with E-state index < -0.39 is 5.54 Å². The van der Waals surface area contributed by atoms with Crippen molar-refractivity contribution in [1.29, 1.82) is 10.5 Å². The van der Waals surface area contributed by atoms with Crippen molar-refractivity contribution in [2.24, 2.45) is 12.8 Å². The maximum Gasteiger partial charge on any atom is 0.141 e. The largest absolute Gasteiger partial charge is 0.489 e. The number of hydrogen-bond acceptors (Lipinski definition) is 6. The standard InChI is InChI=1S/C29H20N6O/c1-35-17-33-15-28(35)29(32)21-6-5-19(13-30)20(9-21)16-36-24-4-2-3-18(10-24)25-12-23(14-31)34-27-8-7-22(29)11-26(25)27/h2-12,15,17H,16,32H2,1H3/t29-/m1/s1. The van der Waals surface area contributed by atoms with E-state index in [9.17, 15) is 10.5 Å². The van der Waals surface area contributed by atoms with Crippen molar-refractivity contribution in [3.8, 4) is 29.0 Å². The fourth-order valence-electron chi connectivity index (χ4n) is 4.95. The first-order valence-corrected chi connectivity index (χ1v) is 11.4. The Morgan fingerprint density at radius 2 is 1.83 bits per heavy atom. The van der Waals surface area contributed by atoms with Crippen LogP contribution in [0.5, 0.6) is 5.75 Å². The van der Waals surface area contributed by atoms with Crippen molar-refractivity contribution in [3.05, 3.63) is 113 Å². The molecule has 2 N–H and O–H groups in total. The average molecular weight is 469 g/mol. The van der Waals surface area contributed by atoms with E-state index in [1.807, 2.05) is 66.2 Å². The number of hydrogen-bond donors (Lipinski definition) is 1. The predicted octanol–water partition coefficient (Wildman–Crippen LogP) is 4.52. The Bertz CT molecular complexity index is 1760. The van der Waals surface area contributed by atoms with Gasteiger partial charge in [0.15, 0.2) is 0 Å². The number of nitrogens with zero attached hydrogens (tertiary/aromatic N) is 5. The lowest BCUT2D eigenvalue weighted by Gasteiger charge is -2.32. The first-order valence-electron chi connectivity index (χ1n) is 11.4. The molecular formula is C29H20N6O. The van der Waals surface area contributed by atoms with Crippen molar-refractivity contribution in [1.82, 2.24) is 14.5 Å². The van der Waals surface area contributed by atoms with Gasteiger partial charge in [-0.3, -0.25) is 0 Å². The van der Waals surface area contributed by atoms with Gasteiger partial charge in [-0.05, 0) is 64.7 Å². The summed E-state index contributed by atoms with van der Waals surface area (Å²) in [6.07, 6.45) is 3.48. The zero-order valence-corrected chi connectivity index (χ0v) is 19.4. The molecule has 1 atom stereocenters. The van der Waals surface area contributed by atoms with Gasteiger partial charge in [0.1, 0.15) is 29.7 Å². The number of rotatable bonds is 1. The summed E-state index contributed by atoms with van der Waals surface area (Å²) in [5, 5.41) is 20.3. The van der Waals surface area contributed by atoms with Crippen LogP contribution in [-0.2, 0) is 19.2 Å². The number of nitrogens with two attached hydrogens (primary N) is 1. The van der Waals surface area contributed by atoms with Crippen molar-refractivity contribution in [3.63, 3.8) is 0 Å². The zero-order chi connectivity index (χ0) is 24.9. The highest BCUT2D eigenvalue weighted by atomic mass is 16.5. The summed E-state index contributed by atoms with van der Waals surface area (Å²) < 4.78 is 8.05. The highest BCUT2D eigenvalue weighted by Crippen LogP contribution is 2.39. The molecule has 2 aromatic heterocycles. The van der Waals surface area contributed by atoms with Crippen molar-refractivity contribution < 1.29 is 4.74 Å². The number of ether oxygens (including phenoxy) is 1. The highest BCUT2D eigenvalue weighted by Gasteiger charge is 2.36. The molecule has 1 aliphatic rings. The Hall–Kier alpha value is -4.98. The molecule has 7 heteroatoms. The first kappa shape index (κ1) is 21.5. The summed E-state index contributed by atoms with van der Waals surface area (Å²) >= 11 is 0. The number of nitriles is 2. The smallest absolute Gasteiger partial charge is 0.141 e. The van der Waals surface area contributed by atoms with Crippen LogP contribution >= 0.6 is 0 Å². The summed E-state index contributed by atoms with van der Waals surface area (Å²) in [6.45, 7) is 0.203. The van der Waals surface area contributed by atoms with Crippen LogP contribution in [0.4, 0.5) is 0 Å². The molecule has 1 aliphatic heterocycles. The predicted molar refractivity (Wildman–Crippen MR) is 135 cm³/mol. The summed E-state index contributed by atoms with van der Waals surface area (Å²) in [7, 11) is 1.91. The summed E-state index contributed by atoms with van der Waals surface area (Å²) in [6, 6.07) is 25.4. The van der Waals surface area contributed by atoms with E-state index in [0.717, 1.165) is 38.9 Å². The Balaban J connectivity index is 1.75. The molecule has 0 spiro atoms. The van der Waals surface area contributed by atoms with Gasteiger partial charge in [-0.15, -0.1) is 0 Å². The molecule has 3 heterocycles. The second-order valence-corrected chi connectivity index (χ2v) is 8.90. The first-order chi connectivity index (χ1) is 17.5. The number of imidazole rings is 1. The number of aromatic nitrogens is 3. The Kier molecular flexibility index (Phi) is 4.82. The van der Waals surface area contributed by atoms with Gasteiger partial charge in [-0.1, -0.05) is 24.3 Å². The summed E-state index contributed by atoms with van der Waals surface area (Å²) in [5.74, 6) is 0.659. The number of fused-ring (bicyclic) bond motifs is 6. The van der Waals surface area contributed by atoms with Gasteiger partial charge in [-0.25, -0.2) is 9.97 Å². The Morgan fingerprint density at radius 1 is 1.00 bits per heavy atom. The fourth-order valence-corrected chi connectivity index (χ4v) is 4.95. The molecule has 0 saturated heterocycles. The van der Waals surface area contributed by atoms with E-state index in [1.165, 1.54) is 0 Å². The third kappa shape index (κ3) is 3.23. The van der Waals surface area contributed by atoms with Crippen LogP contribution in [0.15, 0.2) is 79.3 Å². The third-order valence-electron chi connectivity index (χ3n) is 6.82. The van der Waals surface area contributed by atoms with Crippen LogP contribution in [-0.4, -0.2) is 14.5 Å². The zero-order valence-electron chi connectivity index (χ0n) is 19.4. The van der Waals surface area contributed by atoms with Crippen molar-refractivity contribution in [2.75, 3.05) is 0 Å². The van der Waals surface area contributed by atoms with Gasteiger partial charge in [-0.2, -0.15) is 10.5 Å². The molecule has 172 valence electrons. The molecule has 6 bridgehead atoms. The van der Waals surface area contributed by atoms with Crippen LogP contribution in [0.2, 0.25) is 0 Å². The van der Waals surface area contributed by atoms with Crippen LogP contribution in [0, 0.1) is 22.7 Å². The van der Waals surface area contributed by atoms with Crippen LogP contribution < -0.4 is 10.5 Å². The molecule has 6 rings (SSSR count). The second-order valence-electron chi connectivity index (χ2n) is 8.90. The van der Waals surface area contributed by atoms with E-state index >= 15 is 0 Å². The minimum atomic E-state index is -1.08. The quantitative estimate of drug-likeness (QED) is 0.387. The fraction of sp³-hybridized carbons (Fsp3) is 0.103. The lowest BCUT2D eigenvalue weighted by atomic mass is 9.79. The van der Waals surface area contributed by atoms with E-state index in [-0.39, 0.29) is 6.61 Å². The number of pyridine rings is 1. The lowest BCUT2D eigenvalue weighted by molar-refractivity contribution is 0.306. The second kappa shape index (κ2) is 8.06. The minimum absolute atomic E-state index is 0.203. The number of benzene rings is 3. The van der Waals surface area contributed by atoms with E-state index in [1.54, 1.807) is 24.7 Å². The van der Waals surface area contributed by atoms with Crippen molar-refractivity contribution >= 4 is 10.9 Å². The topological polar surface area (TPSA) is 114 Å². The van der Waals surface area contributed by atoms with Gasteiger partial charge in [0, 0.05) is 18.0 Å². The molecule has 3 aromatic carbocycles. The monoisotopic (exact) mass is 468 g/mol. The normalized spacial score (nSPS) is 16.2. The Labute approximate surface area is 207 Å². The van der Waals surface area contributed by atoms with Gasteiger partial charge in [0.25, 0.3) is 0 Å². The SMILES string of the molecule is Cn1cncc1[C@@]1(N)c2ccc(C#N)c(c2)COc2cccc(c2)-c2cc(C#N)nc3ccc1cc23. The molecule has 36 heavy (non-hydrogen) atoms. The Morgan fingerprint density at radius 3 is 2.61 bits per heavy atom. The third-order valence-corrected chi connectivity index (χ3v) is 6.82. The highest BCUT2D eigenvalue weighted by molar-refractivity contribution is 5.96. The van der Waals surface area contributed by atoms with E-state index in [0.29, 0.717) is 22.5 Å². The maximum absolute atomic E-state index is 9.76. The molecule has 0 aliphatic carbocycles. The molecule has 0 unspecified atom stereocenters. The molecule has 0 saturated carbocycles. The van der Waals surface area contributed by atoms with Gasteiger partial charge in [0.05, 0.1) is 35.4 Å². The van der Waals surface area contributed by atoms with Gasteiger partial charge >= 0.3 is 0 Å². The minimum Gasteiger partial charge on any atom is -0.489 e. The number of aryl methyl sites for hydroxylation is 1. The summed E-state index contributed by atoms with van der Waals surface area (Å²) in [4.78, 5) is 8.88.